The van der Waals surface area contributed by atoms with Gasteiger partial charge in [0.25, 0.3) is 5.56 Å². The summed E-state index contributed by atoms with van der Waals surface area (Å²) in [5.74, 6) is 0.867. The van der Waals surface area contributed by atoms with Crippen molar-refractivity contribution in [1.82, 2.24) is 9.88 Å². The van der Waals surface area contributed by atoms with E-state index in [1.807, 2.05) is 41.8 Å². The molecule has 1 amide bonds. The second-order valence-corrected chi connectivity index (χ2v) is 9.56. The molecule has 0 bridgehead atoms. The van der Waals surface area contributed by atoms with E-state index in [4.69, 9.17) is 9.84 Å². The van der Waals surface area contributed by atoms with E-state index in [0.29, 0.717) is 12.4 Å². The Bertz CT molecular complexity index is 1270. The van der Waals surface area contributed by atoms with Crippen LogP contribution in [-0.2, 0) is 6.61 Å². The highest BCUT2D eigenvalue weighted by Crippen LogP contribution is 2.41. The summed E-state index contributed by atoms with van der Waals surface area (Å²) in [4.78, 5) is 26.6. The van der Waals surface area contributed by atoms with Gasteiger partial charge in [-0.3, -0.25) is 4.79 Å². The zero-order valence-corrected chi connectivity index (χ0v) is 19.7. The molecule has 1 aliphatic heterocycles. The molecule has 0 radical (unpaired) electrons. The molecule has 2 atom stereocenters. The lowest BCUT2D eigenvalue weighted by Gasteiger charge is -2.25. The third-order valence-corrected chi connectivity index (χ3v) is 7.17. The number of aromatic nitrogens is 1. The van der Waals surface area contributed by atoms with Gasteiger partial charge in [-0.1, -0.05) is 30.3 Å². The first kappa shape index (κ1) is 22.3. The number of rotatable bonds is 7. The van der Waals surface area contributed by atoms with Crippen LogP contribution in [0.2, 0.25) is 0 Å². The van der Waals surface area contributed by atoms with Crippen LogP contribution in [0.3, 0.4) is 0 Å². The molecule has 0 spiro atoms. The van der Waals surface area contributed by atoms with Gasteiger partial charge in [0.15, 0.2) is 0 Å². The maximum Gasteiger partial charge on any atom is 0.404 e. The average Bonchev–Trinajstić information content (AvgIpc) is 3.53. The number of fused-ring (bicyclic) bond motifs is 1. The molecule has 2 heterocycles. The lowest BCUT2D eigenvalue weighted by atomic mass is 10.0. The summed E-state index contributed by atoms with van der Waals surface area (Å²) in [6, 6.07) is 15.9. The minimum absolute atomic E-state index is 0.0168. The number of pyridine rings is 1. The largest absolute Gasteiger partial charge is 0.488 e. The Balaban J connectivity index is 1.50. The first-order valence-electron chi connectivity index (χ1n) is 12.0. The minimum atomic E-state index is -0.982. The first-order chi connectivity index (χ1) is 16.4. The van der Waals surface area contributed by atoms with Gasteiger partial charge in [0, 0.05) is 42.3 Å². The number of hydrogen-bond acceptors (Lipinski definition) is 4. The molecule has 34 heavy (non-hydrogen) atoms. The highest BCUT2D eigenvalue weighted by Gasteiger charge is 2.31. The molecule has 7 nitrogen and oxygen atoms in total. The Morgan fingerprint density at radius 3 is 2.65 bits per heavy atom. The second-order valence-electron chi connectivity index (χ2n) is 9.56. The highest BCUT2D eigenvalue weighted by atomic mass is 16.5. The summed E-state index contributed by atoms with van der Waals surface area (Å²) in [7, 11) is 0. The van der Waals surface area contributed by atoms with Gasteiger partial charge in [-0.15, -0.1) is 0 Å². The summed E-state index contributed by atoms with van der Waals surface area (Å²) in [5.41, 5.74) is 4.17. The van der Waals surface area contributed by atoms with Crippen LogP contribution in [0.5, 0.6) is 5.75 Å². The van der Waals surface area contributed by atoms with E-state index < -0.39 is 6.09 Å². The third-order valence-electron chi connectivity index (χ3n) is 7.17. The first-order valence-corrected chi connectivity index (χ1v) is 12.0. The number of benzene rings is 2. The van der Waals surface area contributed by atoms with Crippen molar-refractivity contribution < 1.29 is 14.6 Å². The predicted molar refractivity (Wildman–Crippen MR) is 133 cm³/mol. The topological polar surface area (TPSA) is 83.8 Å². The summed E-state index contributed by atoms with van der Waals surface area (Å²) < 4.78 is 8.11. The standard InChI is InChI=1S/C27H31N3O4/c1-17-23(29-13-12-20(15-29)18(2)28-27(32)33)11-10-22-24(34-16-19-6-4-3-5-7-19)14-25(31)30(26(17)22)21-8-9-21/h3-7,10-11,14,18,20-21,28H,8-9,12-13,15-16H2,1-2H3,(H,32,33)/t18-,20?/m0/s1. The molecule has 1 saturated carbocycles. The molecule has 2 fully saturated rings. The van der Waals surface area contributed by atoms with Gasteiger partial charge in [0.2, 0.25) is 0 Å². The van der Waals surface area contributed by atoms with Crippen molar-refractivity contribution in [2.75, 3.05) is 18.0 Å². The van der Waals surface area contributed by atoms with E-state index >= 15 is 0 Å². The van der Waals surface area contributed by atoms with Crippen LogP contribution in [0.15, 0.2) is 53.3 Å². The van der Waals surface area contributed by atoms with E-state index in [1.165, 1.54) is 0 Å². The van der Waals surface area contributed by atoms with Crippen molar-refractivity contribution >= 4 is 22.7 Å². The fourth-order valence-corrected chi connectivity index (χ4v) is 5.19. The zero-order chi connectivity index (χ0) is 23.8. The normalized spacial score (nSPS) is 18.8. The predicted octanol–water partition coefficient (Wildman–Crippen LogP) is 4.71. The Morgan fingerprint density at radius 2 is 1.94 bits per heavy atom. The molecule has 1 saturated heterocycles. The number of ether oxygens (including phenoxy) is 1. The average molecular weight is 462 g/mol. The van der Waals surface area contributed by atoms with E-state index in [1.54, 1.807) is 6.07 Å². The van der Waals surface area contributed by atoms with E-state index in [2.05, 4.69) is 29.3 Å². The van der Waals surface area contributed by atoms with Crippen molar-refractivity contribution in [3.05, 3.63) is 70.0 Å². The number of carboxylic acid groups (broad SMARTS) is 1. The number of nitrogens with zero attached hydrogens (tertiary/aromatic N) is 2. The fraction of sp³-hybridized carbons (Fsp3) is 0.407. The number of nitrogens with one attached hydrogen (secondary N) is 1. The molecule has 1 aliphatic carbocycles. The van der Waals surface area contributed by atoms with Gasteiger partial charge in [-0.05, 0) is 62.3 Å². The summed E-state index contributed by atoms with van der Waals surface area (Å²) in [6.07, 6.45) is 1.98. The molecular weight excluding hydrogens is 430 g/mol. The number of carbonyl (C=O) groups is 1. The molecule has 3 aromatic rings. The third kappa shape index (κ3) is 4.34. The van der Waals surface area contributed by atoms with E-state index in [-0.39, 0.29) is 23.6 Å². The maximum atomic E-state index is 13.2. The molecule has 7 heteroatoms. The van der Waals surface area contributed by atoms with E-state index in [9.17, 15) is 9.59 Å². The Labute approximate surface area is 199 Å². The smallest absolute Gasteiger partial charge is 0.404 e. The molecule has 2 aliphatic rings. The molecular formula is C27H31N3O4. The van der Waals surface area contributed by atoms with Gasteiger partial charge in [-0.2, -0.15) is 0 Å². The number of hydrogen-bond donors (Lipinski definition) is 2. The van der Waals surface area contributed by atoms with Crippen molar-refractivity contribution in [1.29, 1.82) is 0 Å². The lowest BCUT2D eigenvalue weighted by molar-refractivity contribution is 0.186. The fourth-order valence-electron chi connectivity index (χ4n) is 5.19. The Kier molecular flexibility index (Phi) is 5.94. The van der Waals surface area contributed by atoms with Crippen molar-refractivity contribution in [2.45, 2.75) is 51.8 Å². The monoisotopic (exact) mass is 461 g/mol. The van der Waals surface area contributed by atoms with Crippen LogP contribution in [0, 0.1) is 12.8 Å². The summed E-state index contributed by atoms with van der Waals surface area (Å²) >= 11 is 0. The van der Waals surface area contributed by atoms with Crippen molar-refractivity contribution in [3.8, 4) is 5.75 Å². The van der Waals surface area contributed by atoms with Gasteiger partial charge >= 0.3 is 6.09 Å². The highest BCUT2D eigenvalue weighted by molar-refractivity contribution is 5.92. The quantitative estimate of drug-likeness (QED) is 0.533. The SMILES string of the molecule is Cc1c(N2CCC([C@H](C)NC(=O)O)C2)ccc2c(OCc3ccccc3)cc(=O)n(C3CC3)c12. The Morgan fingerprint density at radius 1 is 1.18 bits per heavy atom. The summed E-state index contributed by atoms with van der Waals surface area (Å²) in [5, 5.41) is 12.6. The van der Waals surface area contributed by atoms with Crippen LogP contribution >= 0.6 is 0 Å². The zero-order valence-electron chi connectivity index (χ0n) is 19.7. The van der Waals surface area contributed by atoms with Crippen molar-refractivity contribution in [3.63, 3.8) is 0 Å². The van der Waals surface area contributed by atoms with Crippen LogP contribution in [-0.4, -0.2) is 34.9 Å². The van der Waals surface area contributed by atoms with Crippen LogP contribution in [0.25, 0.3) is 10.9 Å². The summed E-state index contributed by atoms with van der Waals surface area (Å²) in [6.45, 7) is 6.07. The van der Waals surface area contributed by atoms with Gasteiger partial charge in [0.05, 0.1) is 5.52 Å². The molecule has 1 unspecified atom stereocenters. The molecule has 5 rings (SSSR count). The molecule has 2 N–H and O–H groups in total. The molecule has 2 aromatic carbocycles. The molecule has 178 valence electrons. The minimum Gasteiger partial charge on any atom is -0.488 e. The van der Waals surface area contributed by atoms with Crippen LogP contribution < -0.4 is 20.5 Å². The number of aryl methyl sites for hydroxylation is 1. The number of anilines is 1. The van der Waals surface area contributed by atoms with Gasteiger partial charge in [-0.25, -0.2) is 4.79 Å². The maximum absolute atomic E-state index is 13.2. The van der Waals surface area contributed by atoms with Crippen LogP contribution in [0.1, 0.15) is 43.4 Å². The van der Waals surface area contributed by atoms with E-state index in [0.717, 1.165) is 60.1 Å². The number of amides is 1. The lowest BCUT2D eigenvalue weighted by Crippen LogP contribution is -2.38. The van der Waals surface area contributed by atoms with Gasteiger partial charge in [0.1, 0.15) is 12.4 Å². The second kappa shape index (κ2) is 9.05. The van der Waals surface area contributed by atoms with Crippen LogP contribution in [0.4, 0.5) is 10.5 Å². The molecule has 1 aromatic heterocycles. The Hall–Kier alpha value is -3.48. The van der Waals surface area contributed by atoms with Gasteiger partial charge < -0.3 is 24.6 Å². The van der Waals surface area contributed by atoms with Crippen molar-refractivity contribution in [2.24, 2.45) is 5.92 Å².